The standard InChI is InChI=1S/C25H49NO3/c1-5-7-9-11-13-14-16-18-20-24(19-17-15-12-10-8-6-2)21-26(23(4)27)22(3)25(28)29/h22,24H,5-21H2,1-4H3,(H,28,29). The molecule has 0 radical (unpaired) electrons. The summed E-state index contributed by atoms with van der Waals surface area (Å²) in [6.07, 6.45) is 20.3. The second-order valence-corrected chi connectivity index (χ2v) is 8.87. The van der Waals surface area contributed by atoms with Crippen molar-refractivity contribution >= 4 is 11.9 Å². The van der Waals surface area contributed by atoms with E-state index in [-0.39, 0.29) is 5.91 Å². The number of hydrogen-bond donors (Lipinski definition) is 1. The number of unbranched alkanes of at least 4 members (excludes halogenated alkanes) is 12. The highest BCUT2D eigenvalue weighted by Gasteiger charge is 2.25. The minimum Gasteiger partial charge on any atom is -0.480 e. The molecule has 0 saturated heterocycles. The fraction of sp³-hybridized carbons (Fsp3) is 0.920. The maximum atomic E-state index is 12.0. The molecule has 2 atom stereocenters. The van der Waals surface area contributed by atoms with Gasteiger partial charge in [0, 0.05) is 13.5 Å². The normalized spacial score (nSPS) is 13.2. The number of carboxylic acids is 1. The number of aliphatic carboxylic acids is 1. The number of amides is 1. The van der Waals surface area contributed by atoms with E-state index in [0.717, 1.165) is 12.8 Å². The van der Waals surface area contributed by atoms with Crippen molar-refractivity contribution in [1.82, 2.24) is 4.90 Å². The average molecular weight is 412 g/mol. The van der Waals surface area contributed by atoms with Crippen LogP contribution in [0.15, 0.2) is 0 Å². The summed E-state index contributed by atoms with van der Waals surface area (Å²) in [5.74, 6) is -0.610. The molecule has 0 rings (SSSR count). The zero-order valence-electron chi connectivity index (χ0n) is 19.9. The molecule has 0 bridgehead atoms. The Morgan fingerprint density at radius 3 is 1.45 bits per heavy atom. The Morgan fingerprint density at radius 2 is 1.10 bits per heavy atom. The first kappa shape index (κ1) is 27.9. The lowest BCUT2D eigenvalue weighted by Crippen LogP contribution is -2.44. The molecule has 0 aromatic rings. The van der Waals surface area contributed by atoms with Crippen LogP contribution in [-0.2, 0) is 9.59 Å². The molecule has 0 fully saturated rings. The summed E-state index contributed by atoms with van der Waals surface area (Å²) in [6, 6.07) is -0.738. The third-order valence-corrected chi connectivity index (χ3v) is 6.12. The van der Waals surface area contributed by atoms with Gasteiger partial charge < -0.3 is 10.0 Å². The monoisotopic (exact) mass is 411 g/mol. The van der Waals surface area contributed by atoms with Crippen molar-refractivity contribution in [3.8, 4) is 0 Å². The molecule has 0 aromatic heterocycles. The second-order valence-electron chi connectivity index (χ2n) is 8.87. The summed E-state index contributed by atoms with van der Waals surface area (Å²) in [7, 11) is 0. The van der Waals surface area contributed by atoms with E-state index in [2.05, 4.69) is 13.8 Å². The summed E-state index contributed by atoms with van der Waals surface area (Å²) >= 11 is 0. The van der Waals surface area contributed by atoms with E-state index in [9.17, 15) is 14.7 Å². The van der Waals surface area contributed by atoms with Crippen LogP contribution in [0.25, 0.3) is 0 Å². The smallest absolute Gasteiger partial charge is 0.326 e. The first-order valence-electron chi connectivity index (χ1n) is 12.4. The lowest BCUT2D eigenvalue weighted by Gasteiger charge is -2.30. The fourth-order valence-electron chi connectivity index (χ4n) is 4.08. The summed E-state index contributed by atoms with van der Waals surface area (Å²) in [6.45, 7) is 8.20. The van der Waals surface area contributed by atoms with Gasteiger partial charge in [0.1, 0.15) is 6.04 Å². The molecular formula is C25H49NO3. The highest BCUT2D eigenvalue weighted by atomic mass is 16.4. The molecule has 172 valence electrons. The zero-order valence-corrected chi connectivity index (χ0v) is 19.9. The fourth-order valence-corrected chi connectivity index (χ4v) is 4.08. The Morgan fingerprint density at radius 1 is 0.724 bits per heavy atom. The molecule has 0 aliphatic heterocycles. The van der Waals surface area contributed by atoms with Crippen LogP contribution in [0, 0.1) is 5.92 Å². The number of carbonyl (C=O) groups excluding carboxylic acids is 1. The zero-order chi connectivity index (χ0) is 21.9. The van der Waals surface area contributed by atoms with Crippen LogP contribution >= 0.6 is 0 Å². The van der Waals surface area contributed by atoms with Crippen LogP contribution in [0.1, 0.15) is 130 Å². The first-order valence-corrected chi connectivity index (χ1v) is 12.4. The number of nitrogens with zero attached hydrogens (tertiary/aromatic N) is 1. The van der Waals surface area contributed by atoms with Crippen LogP contribution in [0.4, 0.5) is 0 Å². The van der Waals surface area contributed by atoms with Crippen molar-refractivity contribution in [3.05, 3.63) is 0 Å². The van der Waals surface area contributed by atoms with Crippen LogP contribution in [0.2, 0.25) is 0 Å². The first-order chi connectivity index (χ1) is 13.9. The maximum absolute atomic E-state index is 12.0. The molecule has 0 heterocycles. The van der Waals surface area contributed by atoms with Gasteiger partial charge in [-0.3, -0.25) is 4.79 Å². The maximum Gasteiger partial charge on any atom is 0.326 e. The van der Waals surface area contributed by atoms with E-state index in [1.165, 1.54) is 96.8 Å². The van der Waals surface area contributed by atoms with Crippen molar-refractivity contribution in [3.63, 3.8) is 0 Å². The lowest BCUT2D eigenvalue weighted by molar-refractivity contribution is -0.149. The number of hydrogen-bond acceptors (Lipinski definition) is 2. The molecule has 29 heavy (non-hydrogen) atoms. The van der Waals surface area contributed by atoms with E-state index in [1.54, 1.807) is 11.8 Å². The molecular weight excluding hydrogens is 362 g/mol. The van der Waals surface area contributed by atoms with Crippen LogP contribution < -0.4 is 0 Å². The van der Waals surface area contributed by atoms with Gasteiger partial charge in [-0.2, -0.15) is 0 Å². The van der Waals surface area contributed by atoms with E-state index >= 15 is 0 Å². The molecule has 4 heteroatoms. The van der Waals surface area contributed by atoms with Gasteiger partial charge in [-0.05, 0) is 25.7 Å². The lowest BCUT2D eigenvalue weighted by atomic mass is 9.93. The van der Waals surface area contributed by atoms with E-state index in [1.807, 2.05) is 0 Å². The quantitative estimate of drug-likeness (QED) is 0.215. The largest absolute Gasteiger partial charge is 0.480 e. The summed E-state index contributed by atoms with van der Waals surface area (Å²) in [5.41, 5.74) is 0. The Hall–Kier alpha value is -1.06. The van der Waals surface area contributed by atoms with Gasteiger partial charge >= 0.3 is 5.97 Å². The highest BCUT2D eigenvalue weighted by Crippen LogP contribution is 2.22. The molecule has 0 aromatic carbocycles. The van der Waals surface area contributed by atoms with Gasteiger partial charge in [0.05, 0.1) is 0 Å². The topological polar surface area (TPSA) is 57.6 Å². The molecule has 0 aliphatic rings. The van der Waals surface area contributed by atoms with Crippen molar-refractivity contribution in [1.29, 1.82) is 0 Å². The Bertz CT molecular complexity index is 411. The third-order valence-electron chi connectivity index (χ3n) is 6.12. The summed E-state index contributed by atoms with van der Waals surface area (Å²) in [4.78, 5) is 25.0. The van der Waals surface area contributed by atoms with E-state index in [4.69, 9.17) is 0 Å². The highest BCUT2D eigenvalue weighted by molar-refractivity contribution is 5.81. The molecule has 1 N–H and O–H groups in total. The predicted molar refractivity (Wildman–Crippen MR) is 123 cm³/mol. The average Bonchev–Trinajstić information content (AvgIpc) is 2.69. The second kappa shape index (κ2) is 18.9. The SMILES string of the molecule is CCCCCCCCCCC(CCCCCCCC)CN(C(C)=O)C(C)C(=O)O. The Balaban J connectivity index is 4.43. The van der Waals surface area contributed by atoms with Crippen molar-refractivity contribution < 1.29 is 14.7 Å². The Kier molecular flexibility index (Phi) is 18.2. The number of carbonyl (C=O) groups is 2. The van der Waals surface area contributed by atoms with Gasteiger partial charge in [-0.15, -0.1) is 0 Å². The summed E-state index contributed by atoms with van der Waals surface area (Å²) in [5, 5.41) is 9.35. The minimum absolute atomic E-state index is 0.122. The summed E-state index contributed by atoms with van der Waals surface area (Å²) < 4.78 is 0. The molecule has 4 nitrogen and oxygen atoms in total. The molecule has 0 aliphatic carbocycles. The van der Waals surface area contributed by atoms with Crippen LogP contribution in [0.5, 0.6) is 0 Å². The predicted octanol–water partition coefficient (Wildman–Crippen LogP) is 7.21. The van der Waals surface area contributed by atoms with Crippen molar-refractivity contribution in [2.75, 3.05) is 6.54 Å². The molecule has 0 saturated carbocycles. The molecule has 0 spiro atoms. The van der Waals surface area contributed by atoms with Gasteiger partial charge in [0.15, 0.2) is 0 Å². The van der Waals surface area contributed by atoms with Gasteiger partial charge in [-0.1, -0.05) is 104 Å². The third kappa shape index (κ3) is 15.4. The van der Waals surface area contributed by atoms with Crippen LogP contribution in [-0.4, -0.2) is 34.5 Å². The molecule has 2 unspecified atom stereocenters. The number of carboxylic acid groups (broad SMARTS) is 1. The molecule has 1 amide bonds. The van der Waals surface area contributed by atoms with Gasteiger partial charge in [-0.25, -0.2) is 4.79 Å². The number of rotatable bonds is 20. The van der Waals surface area contributed by atoms with Gasteiger partial charge in [0.25, 0.3) is 0 Å². The van der Waals surface area contributed by atoms with E-state index < -0.39 is 12.0 Å². The minimum atomic E-state index is -0.911. The Labute approximate surface area is 180 Å². The van der Waals surface area contributed by atoms with Crippen molar-refractivity contribution in [2.24, 2.45) is 5.92 Å². The van der Waals surface area contributed by atoms with Crippen molar-refractivity contribution in [2.45, 2.75) is 136 Å². The van der Waals surface area contributed by atoms with E-state index in [0.29, 0.717) is 12.5 Å². The van der Waals surface area contributed by atoms with Gasteiger partial charge in [0.2, 0.25) is 5.91 Å². The van der Waals surface area contributed by atoms with Crippen LogP contribution in [0.3, 0.4) is 0 Å².